The van der Waals surface area contributed by atoms with E-state index in [9.17, 15) is 4.39 Å². The Labute approximate surface area is 177 Å². The second kappa shape index (κ2) is 10.6. The van der Waals surface area contributed by atoms with Crippen LogP contribution in [0.3, 0.4) is 0 Å². The molecular formula is C23H28FN5O. The smallest absolute Gasteiger partial charge is 0.191 e. The van der Waals surface area contributed by atoms with Crippen molar-refractivity contribution in [2.75, 3.05) is 33.8 Å². The monoisotopic (exact) mass is 409 g/mol. The van der Waals surface area contributed by atoms with E-state index in [0.29, 0.717) is 23.6 Å². The summed E-state index contributed by atoms with van der Waals surface area (Å²) in [4.78, 5) is 6.72. The molecule has 1 heterocycles. The summed E-state index contributed by atoms with van der Waals surface area (Å²) < 4.78 is 19.6. The molecular weight excluding hydrogens is 381 g/mol. The third-order valence-electron chi connectivity index (χ3n) is 5.39. The van der Waals surface area contributed by atoms with E-state index in [1.54, 1.807) is 20.2 Å². The number of nitriles is 1. The van der Waals surface area contributed by atoms with Crippen LogP contribution in [0, 0.1) is 17.1 Å². The Hall–Kier alpha value is -3.11. The van der Waals surface area contributed by atoms with E-state index in [0.717, 1.165) is 24.4 Å². The summed E-state index contributed by atoms with van der Waals surface area (Å²) >= 11 is 0. The molecule has 158 valence electrons. The van der Waals surface area contributed by atoms with Crippen LogP contribution in [0.5, 0.6) is 5.75 Å². The van der Waals surface area contributed by atoms with E-state index in [4.69, 9.17) is 10.00 Å². The Morgan fingerprint density at radius 3 is 2.70 bits per heavy atom. The molecule has 3 rings (SSSR count). The molecule has 2 aromatic carbocycles. The lowest BCUT2D eigenvalue weighted by atomic mass is 10.0. The van der Waals surface area contributed by atoms with Crippen LogP contribution in [-0.2, 0) is 6.54 Å². The van der Waals surface area contributed by atoms with E-state index in [1.807, 2.05) is 24.3 Å². The Kier molecular flexibility index (Phi) is 7.63. The molecule has 1 fully saturated rings. The predicted octanol–water partition coefficient (Wildman–Crippen LogP) is 3.21. The molecule has 0 aromatic heterocycles. The average molecular weight is 410 g/mol. The van der Waals surface area contributed by atoms with Crippen molar-refractivity contribution in [2.24, 2.45) is 4.99 Å². The van der Waals surface area contributed by atoms with Crippen LogP contribution in [-0.4, -0.2) is 44.7 Å². The maximum absolute atomic E-state index is 14.1. The Balaban J connectivity index is 1.68. The first-order chi connectivity index (χ1) is 14.7. The van der Waals surface area contributed by atoms with Crippen molar-refractivity contribution in [1.82, 2.24) is 15.5 Å². The summed E-state index contributed by atoms with van der Waals surface area (Å²) in [7, 11) is 3.38. The van der Waals surface area contributed by atoms with Crippen molar-refractivity contribution < 1.29 is 9.13 Å². The minimum atomic E-state index is -0.346. The molecule has 1 aliphatic rings. The van der Waals surface area contributed by atoms with Crippen LogP contribution in [0.2, 0.25) is 0 Å². The molecule has 7 heteroatoms. The van der Waals surface area contributed by atoms with Crippen molar-refractivity contribution >= 4 is 5.96 Å². The maximum atomic E-state index is 14.1. The van der Waals surface area contributed by atoms with Gasteiger partial charge in [0.25, 0.3) is 0 Å². The van der Waals surface area contributed by atoms with E-state index in [2.05, 4.69) is 26.6 Å². The highest BCUT2D eigenvalue weighted by molar-refractivity contribution is 5.79. The number of guanidine groups is 1. The fourth-order valence-corrected chi connectivity index (χ4v) is 3.80. The maximum Gasteiger partial charge on any atom is 0.191 e. The molecule has 0 radical (unpaired) electrons. The number of nitrogens with one attached hydrogen (secondary N) is 2. The first kappa shape index (κ1) is 21.6. The van der Waals surface area contributed by atoms with Gasteiger partial charge in [-0.2, -0.15) is 5.26 Å². The number of hydrogen-bond acceptors (Lipinski definition) is 4. The zero-order valence-electron chi connectivity index (χ0n) is 17.5. The Bertz CT molecular complexity index is 918. The van der Waals surface area contributed by atoms with Crippen molar-refractivity contribution in [2.45, 2.75) is 25.4 Å². The van der Waals surface area contributed by atoms with Gasteiger partial charge in [0.1, 0.15) is 11.6 Å². The topological polar surface area (TPSA) is 72.7 Å². The lowest BCUT2D eigenvalue weighted by Gasteiger charge is -2.30. The number of ether oxygens (including phenoxy) is 1. The molecule has 1 atom stereocenters. The molecule has 0 aliphatic carbocycles. The van der Waals surface area contributed by atoms with Crippen molar-refractivity contribution in [3.05, 3.63) is 65.0 Å². The minimum Gasteiger partial charge on any atom is -0.496 e. The highest BCUT2D eigenvalue weighted by Gasteiger charge is 2.26. The second-order valence-electron chi connectivity index (χ2n) is 7.23. The first-order valence-corrected chi connectivity index (χ1v) is 10.2. The summed E-state index contributed by atoms with van der Waals surface area (Å²) in [6.45, 7) is 2.97. The molecule has 2 aromatic rings. The van der Waals surface area contributed by atoms with Crippen molar-refractivity contribution in [1.29, 1.82) is 5.26 Å². The quantitative estimate of drug-likeness (QED) is 0.543. The number of rotatable bonds is 7. The predicted molar refractivity (Wildman–Crippen MR) is 116 cm³/mol. The number of para-hydroxylation sites is 1. The molecule has 0 amide bonds. The number of nitrogens with zero attached hydrogens (tertiary/aromatic N) is 3. The number of benzene rings is 2. The number of aliphatic imine (C=N–C) groups is 1. The highest BCUT2D eigenvalue weighted by atomic mass is 19.1. The number of halogens is 1. The van der Waals surface area contributed by atoms with Crippen LogP contribution in [0.4, 0.5) is 4.39 Å². The van der Waals surface area contributed by atoms with Gasteiger partial charge in [0.2, 0.25) is 0 Å². The standard InChI is InChI=1S/C23H28FN5O/c1-26-23(27-15-18-13-17(14-25)9-10-20(18)24)28-16-21(29-11-5-6-12-29)19-7-3-4-8-22(19)30-2/h3-4,7-10,13,21H,5-6,11-12,15-16H2,1-2H3,(H2,26,27,28). The normalized spacial score (nSPS) is 15.5. The van der Waals surface area contributed by atoms with Crippen molar-refractivity contribution in [3.8, 4) is 11.8 Å². The molecule has 2 N–H and O–H groups in total. The SMILES string of the molecule is CN=C(NCc1cc(C#N)ccc1F)NCC(c1ccccc1OC)N1CCCC1. The molecule has 30 heavy (non-hydrogen) atoms. The summed E-state index contributed by atoms with van der Waals surface area (Å²) in [5, 5.41) is 15.5. The van der Waals surface area contributed by atoms with Gasteiger partial charge in [0, 0.05) is 31.3 Å². The minimum absolute atomic E-state index is 0.140. The summed E-state index contributed by atoms with van der Waals surface area (Å²) in [5.41, 5.74) is 2.00. The zero-order valence-corrected chi connectivity index (χ0v) is 17.5. The molecule has 0 bridgehead atoms. The summed E-state index contributed by atoms with van der Waals surface area (Å²) in [6, 6.07) is 14.6. The zero-order chi connectivity index (χ0) is 21.3. The van der Waals surface area contributed by atoms with Crippen LogP contribution in [0.1, 0.15) is 35.6 Å². The molecule has 0 saturated carbocycles. The van der Waals surface area contributed by atoms with E-state index >= 15 is 0 Å². The van der Waals surface area contributed by atoms with Crippen LogP contribution < -0.4 is 15.4 Å². The lowest BCUT2D eigenvalue weighted by molar-refractivity contribution is 0.239. The van der Waals surface area contributed by atoms with E-state index in [1.165, 1.54) is 25.0 Å². The van der Waals surface area contributed by atoms with Gasteiger partial charge in [-0.1, -0.05) is 18.2 Å². The molecule has 6 nitrogen and oxygen atoms in total. The summed E-state index contributed by atoms with van der Waals surface area (Å²) in [6.07, 6.45) is 2.38. The molecule has 0 spiro atoms. The van der Waals surface area contributed by atoms with Crippen LogP contribution in [0.15, 0.2) is 47.5 Å². The van der Waals surface area contributed by atoms with Gasteiger partial charge in [0.05, 0.1) is 24.8 Å². The second-order valence-corrected chi connectivity index (χ2v) is 7.23. The number of hydrogen-bond donors (Lipinski definition) is 2. The fraction of sp³-hybridized carbons (Fsp3) is 0.391. The van der Waals surface area contributed by atoms with Gasteiger partial charge in [-0.3, -0.25) is 9.89 Å². The third kappa shape index (κ3) is 5.28. The lowest BCUT2D eigenvalue weighted by Crippen LogP contribution is -2.42. The van der Waals surface area contributed by atoms with Gasteiger partial charge in [-0.25, -0.2) is 4.39 Å². The summed E-state index contributed by atoms with van der Waals surface area (Å²) in [5.74, 6) is 1.10. The Morgan fingerprint density at radius 1 is 1.23 bits per heavy atom. The van der Waals surface area contributed by atoms with Gasteiger partial charge in [-0.15, -0.1) is 0 Å². The third-order valence-corrected chi connectivity index (χ3v) is 5.39. The van der Waals surface area contributed by atoms with Gasteiger partial charge >= 0.3 is 0 Å². The first-order valence-electron chi connectivity index (χ1n) is 10.2. The highest BCUT2D eigenvalue weighted by Crippen LogP contribution is 2.31. The molecule has 1 saturated heterocycles. The van der Waals surface area contributed by atoms with E-state index < -0.39 is 0 Å². The van der Waals surface area contributed by atoms with Gasteiger partial charge in [-0.05, 0) is 50.2 Å². The number of likely N-dealkylation sites (tertiary alicyclic amines) is 1. The van der Waals surface area contributed by atoms with Gasteiger partial charge in [0.15, 0.2) is 5.96 Å². The van der Waals surface area contributed by atoms with E-state index in [-0.39, 0.29) is 18.4 Å². The number of methoxy groups -OCH3 is 1. The molecule has 1 aliphatic heterocycles. The molecule has 1 unspecified atom stereocenters. The van der Waals surface area contributed by atoms with Crippen LogP contribution >= 0.6 is 0 Å². The largest absolute Gasteiger partial charge is 0.496 e. The van der Waals surface area contributed by atoms with Gasteiger partial charge < -0.3 is 15.4 Å². The average Bonchev–Trinajstić information content (AvgIpc) is 3.32. The van der Waals surface area contributed by atoms with Crippen molar-refractivity contribution in [3.63, 3.8) is 0 Å². The fourth-order valence-electron chi connectivity index (χ4n) is 3.80. The Morgan fingerprint density at radius 2 is 2.00 bits per heavy atom. The van der Waals surface area contributed by atoms with Crippen LogP contribution in [0.25, 0.3) is 0 Å².